The summed E-state index contributed by atoms with van der Waals surface area (Å²) < 4.78 is 62.4. The van der Waals surface area contributed by atoms with Crippen molar-refractivity contribution < 1.29 is 51.2 Å². The fourth-order valence-corrected chi connectivity index (χ4v) is 7.71. The Kier molecular flexibility index (Phi) is 7.81. The Morgan fingerprint density at radius 2 is 1.98 bits per heavy atom. The third-order valence-corrected chi connectivity index (χ3v) is 9.57. The van der Waals surface area contributed by atoms with Gasteiger partial charge >= 0.3 is 5.97 Å². The summed E-state index contributed by atoms with van der Waals surface area (Å²) in [5.74, 6) is -2.76. The molecule has 3 aromatic rings. The van der Waals surface area contributed by atoms with Crippen molar-refractivity contribution >= 4 is 38.5 Å². The van der Waals surface area contributed by atoms with Crippen molar-refractivity contribution in [2.24, 2.45) is 0 Å². The van der Waals surface area contributed by atoms with E-state index in [2.05, 4.69) is 10.3 Å². The van der Waals surface area contributed by atoms with Crippen LogP contribution >= 0.6 is 0 Å². The van der Waals surface area contributed by atoms with Crippen molar-refractivity contribution in [2.45, 2.75) is 57.6 Å². The van der Waals surface area contributed by atoms with Gasteiger partial charge in [-0.3, -0.25) is 14.5 Å². The Balaban J connectivity index is 1.15. The van der Waals surface area contributed by atoms with E-state index >= 15 is 0 Å². The highest BCUT2D eigenvalue weighted by Gasteiger charge is 2.61. The Labute approximate surface area is 263 Å². The molecule has 4 heterocycles. The summed E-state index contributed by atoms with van der Waals surface area (Å²) in [5.41, 5.74) is 1.80. The maximum Gasteiger partial charge on any atom is 0.355 e. The van der Waals surface area contributed by atoms with Crippen LogP contribution in [-0.4, -0.2) is 83.5 Å². The number of esters is 1. The van der Waals surface area contributed by atoms with Crippen LogP contribution in [0.15, 0.2) is 47.7 Å². The molecule has 2 aromatic carbocycles. The fourth-order valence-electron chi connectivity index (χ4n) is 5.70. The minimum absolute atomic E-state index is 0.0470. The molecule has 13 nitrogen and oxygen atoms in total. The van der Waals surface area contributed by atoms with Gasteiger partial charge in [0.05, 0.1) is 18.1 Å². The van der Waals surface area contributed by atoms with Crippen LogP contribution in [0.4, 0.5) is 4.39 Å². The number of amides is 2. The number of fused-ring (bicyclic) bond motifs is 6. The number of ether oxygens (including phenoxy) is 4. The number of halogens is 1. The fraction of sp³-hybridized carbons (Fsp3) is 0.387. The number of carbonyl (C=O) groups excluding carboxylic acids is 3. The summed E-state index contributed by atoms with van der Waals surface area (Å²) >= 11 is 0. The predicted octanol–water partition coefficient (Wildman–Crippen LogP) is 2.28. The molecular formula is C31H32FN3O10S. The van der Waals surface area contributed by atoms with Crippen molar-refractivity contribution in [3.05, 3.63) is 59.0 Å². The van der Waals surface area contributed by atoms with E-state index in [1.165, 1.54) is 19.1 Å². The smallest absolute Gasteiger partial charge is 0.355 e. The molecule has 244 valence electrons. The number of β-lactam (4-membered cyclic amide) rings is 1. The third kappa shape index (κ3) is 5.81. The summed E-state index contributed by atoms with van der Waals surface area (Å²) in [6.07, 6.45) is -1.26. The van der Waals surface area contributed by atoms with Gasteiger partial charge in [0.25, 0.3) is 11.8 Å². The van der Waals surface area contributed by atoms with Crippen LogP contribution in [0.1, 0.15) is 33.3 Å². The van der Waals surface area contributed by atoms with Gasteiger partial charge < -0.3 is 34.4 Å². The summed E-state index contributed by atoms with van der Waals surface area (Å²) in [6.45, 7) is 5.38. The number of hydrogen-bond acceptors (Lipinski definition) is 10. The second-order valence-corrected chi connectivity index (χ2v) is 14.3. The molecule has 6 rings (SSSR count). The van der Waals surface area contributed by atoms with Crippen molar-refractivity contribution in [3.8, 4) is 22.8 Å². The van der Waals surface area contributed by atoms with Crippen LogP contribution in [0.2, 0.25) is 0 Å². The molecule has 2 amide bonds. The predicted molar refractivity (Wildman–Crippen MR) is 160 cm³/mol. The highest BCUT2D eigenvalue weighted by molar-refractivity contribution is 7.92. The number of aliphatic hydroxyl groups is 1. The maximum atomic E-state index is 13.8. The van der Waals surface area contributed by atoms with E-state index in [-0.39, 0.29) is 29.4 Å². The summed E-state index contributed by atoms with van der Waals surface area (Å²) in [7, 11) is -4.09. The average Bonchev–Trinajstić information content (AvgIpc) is 3.34. The van der Waals surface area contributed by atoms with Crippen LogP contribution in [-0.2, 0) is 40.3 Å². The molecule has 3 atom stereocenters. The molecule has 0 radical (unpaired) electrons. The molecule has 1 fully saturated rings. The number of aromatic amines is 1. The van der Waals surface area contributed by atoms with Crippen molar-refractivity contribution in [1.29, 1.82) is 0 Å². The molecule has 3 aliphatic rings. The molecule has 3 N–H and O–H groups in total. The van der Waals surface area contributed by atoms with Crippen molar-refractivity contribution in [2.75, 3.05) is 19.0 Å². The zero-order chi connectivity index (χ0) is 33.1. The van der Waals surface area contributed by atoms with Gasteiger partial charge in [-0.1, -0.05) is 0 Å². The zero-order valence-electron chi connectivity index (χ0n) is 25.4. The summed E-state index contributed by atoms with van der Waals surface area (Å²) in [4.78, 5) is 43.3. The van der Waals surface area contributed by atoms with Gasteiger partial charge in [0.2, 0.25) is 0 Å². The van der Waals surface area contributed by atoms with Crippen LogP contribution in [0.25, 0.3) is 22.2 Å². The van der Waals surface area contributed by atoms with Crippen molar-refractivity contribution in [1.82, 2.24) is 15.2 Å². The number of H-pyrrole nitrogens is 1. The molecule has 3 aliphatic heterocycles. The summed E-state index contributed by atoms with van der Waals surface area (Å²) in [5, 5.41) is 11.1. The topological polar surface area (TPSA) is 174 Å². The van der Waals surface area contributed by atoms with Crippen LogP contribution < -0.4 is 14.8 Å². The Morgan fingerprint density at radius 1 is 1.22 bits per heavy atom. The Morgan fingerprint density at radius 3 is 2.70 bits per heavy atom. The third-order valence-electron chi connectivity index (χ3n) is 7.60. The van der Waals surface area contributed by atoms with Crippen LogP contribution in [0.3, 0.4) is 0 Å². The van der Waals surface area contributed by atoms with Gasteiger partial charge in [0.1, 0.15) is 41.3 Å². The Hall–Kier alpha value is -4.47. The van der Waals surface area contributed by atoms with Gasteiger partial charge in [0.15, 0.2) is 28.1 Å². The number of nitrogens with one attached hydrogen (secondary N) is 2. The molecule has 0 spiro atoms. The zero-order valence-corrected chi connectivity index (χ0v) is 26.2. The first-order valence-corrected chi connectivity index (χ1v) is 16.1. The first-order chi connectivity index (χ1) is 21.6. The molecular weight excluding hydrogens is 625 g/mol. The average molecular weight is 658 g/mol. The van der Waals surface area contributed by atoms with E-state index in [1.807, 2.05) is 0 Å². The number of sulfone groups is 1. The van der Waals surface area contributed by atoms with Crippen LogP contribution in [0.5, 0.6) is 11.5 Å². The van der Waals surface area contributed by atoms with Gasteiger partial charge in [-0.05, 0) is 58.0 Å². The van der Waals surface area contributed by atoms with Gasteiger partial charge in [0, 0.05) is 33.7 Å². The van der Waals surface area contributed by atoms with E-state index < -0.39 is 69.9 Å². The lowest BCUT2D eigenvalue weighted by atomic mass is 10.0. The molecule has 15 heteroatoms. The lowest BCUT2D eigenvalue weighted by Crippen LogP contribution is -2.75. The summed E-state index contributed by atoms with van der Waals surface area (Å²) in [6, 6.07) is 7.95. The number of benzene rings is 2. The van der Waals surface area contributed by atoms with Crippen LogP contribution in [0, 0.1) is 5.82 Å². The van der Waals surface area contributed by atoms with E-state index in [4.69, 9.17) is 18.9 Å². The number of rotatable bonds is 8. The Bertz CT molecular complexity index is 1910. The SMILES string of the molecule is CC(O)OCC1=C(C(=O)OC(C)(C)C)N2C(=O)C(NC(=O)COc3ccc4c(c3)OCc3c-4[nH]c4ccc(F)cc34)C2S(=O)(=O)C1. The largest absolute Gasteiger partial charge is 0.488 e. The number of aromatic nitrogens is 1. The molecule has 0 aliphatic carbocycles. The van der Waals surface area contributed by atoms with Crippen molar-refractivity contribution in [3.63, 3.8) is 0 Å². The quantitative estimate of drug-likeness (QED) is 0.185. The minimum atomic E-state index is -4.09. The van der Waals surface area contributed by atoms with E-state index in [0.717, 1.165) is 32.6 Å². The molecule has 3 unspecified atom stereocenters. The van der Waals surface area contributed by atoms with E-state index in [1.54, 1.807) is 45.0 Å². The number of hydrogen-bond donors (Lipinski definition) is 3. The lowest BCUT2D eigenvalue weighted by Gasteiger charge is -2.49. The second-order valence-electron chi connectivity index (χ2n) is 12.2. The lowest BCUT2D eigenvalue weighted by molar-refractivity contribution is -0.159. The van der Waals surface area contributed by atoms with Gasteiger partial charge in [-0.25, -0.2) is 17.6 Å². The number of carbonyl (C=O) groups is 3. The molecule has 1 saturated heterocycles. The van der Waals surface area contributed by atoms with E-state index in [9.17, 15) is 32.3 Å². The number of nitrogens with zero attached hydrogens (tertiary/aromatic N) is 1. The maximum absolute atomic E-state index is 13.8. The first-order valence-electron chi connectivity index (χ1n) is 14.4. The first kappa shape index (κ1) is 31.5. The van der Waals surface area contributed by atoms with E-state index in [0.29, 0.717) is 5.75 Å². The molecule has 0 bridgehead atoms. The molecule has 46 heavy (non-hydrogen) atoms. The monoisotopic (exact) mass is 657 g/mol. The highest BCUT2D eigenvalue weighted by Crippen LogP contribution is 2.42. The number of aliphatic hydroxyl groups excluding tert-OH is 1. The minimum Gasteiger partial charge on any atom is -0.488 e. The highest BCUT2D eigenvalue weighted by atomic mass is 32.2. The van der Waals surface area contributed by atoms with Gasteiger partial charge in [-0.15, -0.1) is 0 Å². The molecule has 0 saturated carbocycles. The normalized spacial score (nSPS) is 20.6. The standard InChI is InChI=1S/C31H32FN3O10S/c1-15(36)42-11-16-14-46(40,41)29-26(28(38)35(29)27(16)30(39)45-31(2,3)4)34-24(37)13-43-18-6-7-19-23(10-18)44-12-21-20-9-17(32)5-8-22(20)33-25(19)21/h5-10,15,26,29,33,36H,11-14H2,1-4H3,(H,34,37). The second kappa shape index (κ2) is 11.4. The molecule has 1 aromatic heterocycles. The van der Waals surface area contributed by atoms with Gasteiger partial charge in [-0.2, -0.15) is 0 Å².